The van der Waals surface area contributed by atoms with Gasteiger partial charge in [0.05, 0.1) is 5.69 Å². The van der Waals surface area contributed by atoms with E-state index in [0.717, 1.165) is 0 Å². The van der Waals surface area contributed by atoms with Crippen molar-refractivity contribution in [2.24, 2.45) is 10.3 Å². The zero-order chi connectivity index (χ0) is 10.4. The van der Waals surface area contributed by atoms with Crippen molar-refractivity contribution in [2.75, 3.05) is 5.43 Å². The van der Waals surface area contributed by atoms with Crippen LogP contribution in [0.2, 0.25) is 0 Å². The summed E-state index contributed by atoms with van der Waals surface area (Å²) < 4.78 is 0. The molecule has 0 bridgehead atoms. The van der Waals surface area contributed by atoms with E-state index in [1.165, 1.54) is 0 Å². The minimum absolute atomic E-state index is 0.538. The molecule has 0 unspecified atom stereocenters. The Kier molecular flexibility index (Phi) is 3.25. The van der Waals surface area contributed by atoms with Crippen molar-refractivity contribution >= 4 is 11.6 Å². The zero-order valence-corrected chi connectivity index (χ0v) is 6.95. The van der Waals surface area contributed by atoms with Crippen molar-refractivity contribution in [3.63, 3.8) is 0 Å². The third-order valence-electron chi connectivity index (χ3n) is 1.30. The lowest BCUT2D eigenvalue weighted by Gasteiger charge is -1.94. The molecule has 0 spiro atoms. The van der Waals surface area contributed by atoms with E-state index in [2.05, 4.69) is 15.7 Å². The van der Waals surface area contributed by atoms with E-state index in [1.807, 2.05) is 0 Å². The first kappa shape index (κ1) is 9.78. The van der Waals surface area contributed by atoms with Gasteiger partial charge in [-0.15, -0.1) is 0 Å². The molecule has 0 radical (unpaired) electrons. The SMILES string of the molecule is O=NC(=NNc1ccccc1)[N+](=O)[O-]. The Morgan fingerprint density at radius 3 is 2.50 bits per heavy atom. The van der Waals surface area contributed by atoms with Crippen LogP contribution < -0.4 is 5.43 Å². The number of para-hydroxylation sites is 1. The van der Waals surface area contributed by atoms with Gasteiger partial charge in [-0.3, -0.25) is 0 Å². The summed E-state index contributed by atoms with van der Waals surface area (Å²) in [6.45, 7) is 0. The molecule has 7 heteroatoms. The van der Waals surface area contributed by atoms with Gasteiger partial charge in [-0.25, -0.2) is 5.43 Å². The molecule has 1 rings (SSSR count). The summed E-state index contributed by atoms with van der Waals surface area (Å²) in [5.41, 5.74) is 2.87. The minimum Gasteiger partial charge on any atom is -0.390 e. The number of nitrogens with zero attached hydrogens (tertiary/aromatic N) is 3. The largest absolute Gasteiger partial charge is 0.531 e. The molecular formula is C7H6N4O3. The van der Waals surface area contributed by atoms with Gasteiger partial charge in [0.2, 0.25) is 0 Å². The molecule has 0 aliphatic rings. The van der Waals surface area contributed by atoms with E-state index in [0.29, 0.717) is 5.69 Å². The van der Waals surface area contributed by atoms with Crippen LogP contribution in [0.5, 0.6) is 0 Å². The molecule has 0 aromatic heterocycles. The van der Waals surface area contributed by atoms with Crippen LogP contribution in [0.1, 0.15) is 0 Å². The molecule has 0 heterocycles. The predicted octanol–water partition coefficient (Wildman–Crippen LogP) is 1.41. The van der Waals surface area contributed by atoms with Gasteiger partial charge in [0.25, 0.3) is 0 Å². The van der Waals surface area contributed by atoms with E-state index >= 15 is 0 Å². The summed E-state index contributed by atoms with van der Waals surface area (Å²) in [5.74, 6) is -1.01. The minimum atomic E-state index is -1.01. The molecule has 1 aromatic rings. The van der Waals surface area contributed by atoms with Crippen molar-refractivity contribution in [3.05, 3.63) is 45.4 Å². The van der Waals surface area contributed by atoms with E-state index in [1.54, 1.807) is 30.3 Å². The van der Waals surface area contributed by atoms with Gasteiger partial charge >= 0.3 is 5.96 Å². The van der Waals surface area contributed by atoms with E-state index in [9.17, 15) is 15.0 Å². The molecule has 0 aliphatic carbocycles. The summed E-state index contributed by atoms with van der Waals surface area (Å²) >= 11 is 0. The number of rotatable bonds is 2. The monoisotopic (exact) mass is 194 g/mol. The average molecular weight is 194 g/mol. The molecule has 0 aliphatic heterocycles. The van der Waals surface area contributed by atoms with Crippen LogP contribution in [0.3, 0.4) is 0 Å². The topological polar surface area (TPSA) is 97.0 Å². The molecule has 1 aromatic carbocycles. The Morgan fingerprint density at radius 2 is 2.00 bits per heavy atom. The number of hydrogen-bond acceptors (Lipinski definition) is 5. The number of hydrogen-bond donors (Lipinski definition) is 1. The lowest BCUT2D eigenvalue weighted by Crippen LogP contribution is -2.10. The number of nitrogens with one attached hydrogen (secondary N) is 1. The first-order valence-electron chi connectivity index (χ1n) is 3.60. The van der Waals surface area contributed by atoms with Crippen molar-refractivity contribution in [1.29, 1.82) is 0 Å². The highest BCUT2D eigenvalue weighted by atomic mass is 16.6. The third-order valence-corrected chi connectivity index (χ3v) is 1.30. The lowest BCUT2D eigenvalue weighted by molar-refractivity contribution is -0.352. The fraction of sp³-hybridized carbons (Fsp3) is 0. The Hall–Kier alpha value is -2.31. The highest BCUT2D eigenvalue weighted by Crippen LogP contribution is 2.04. The maximum absolute atomic E-state index is 10.1. The first-order chi connectivity index (χ1) is 6.74. The normalized spacial score (nSPS) is 10.7. The Morgan fingerprint density at radius 1 is 1.36 bits per heavy atom. The quantitative estimate of drug-likeness (QED) is 0.253. The number of nitro groups is 1. The average Bonchev–Trinajstić information content (AvgIpc) is 2.20. The van der Waals surface area contributed by atoms with Gasteiger partial charge in [-0.05, 0) is 17.1 Å². The number of guanidine groups is 1. The third kappa shape index (κ3) is 2.63. The summed E-state index contributed by atoms with van der Waals surface area (Å²) in [4.78, 5) is 19.0. The fourth-order valence-corrected chi connectivity index (χ4v) is 0.722. The maximum atomic E-state index is 10.1. The van der Waals surface area contributed by atoms with Crippen LogP contribution in [-0.2, 0) is 0 Å². The molecule has 0 fully saturated rings. The number of benzene rings is 1. The Balaban J connectivity index is 2.71. The van der Waals surface area contributed by atoms with Crippen LogP contribution in [0, 0.1) is 15.0 Å². The van der Waals surface area contributed by atoms with Crippen LogP contribution >= 0.6 is 0 Å². The molecule has 0 atom stereocenters. The zero-order valence-electron chi connectivity index (χ0n) is 6.95. The van der Waals surface area contributed by atoms with Crippen LogP contribution in [0.25, 0.3) is 0 Å². The second kappa shape index (κ2) is 4.65. The molecule has 0 saturated carbocycles. The second-order valence-electron chi connectivity index (χ2n) is 2.24. The van der Waals surface area contributed by atoms with Gasteiger partial charge in [-0.2, -0.15) is 0 Å². The number of nitroso groups, excluding NO2 is 1. The molecule has 14 heavy (non-hydrogen) atoms. The summed E-state index contributed by atoms with van der Waals surface area (Å²) in [6.07, 6.45) is 0. The smallest absolute Gasteiger partial charge is 0.390 e. The van der Waals surface area contributed by atoms with E-state index in [-0.39, 0.29) is 0 Å². The highest BCUT2D eigenvalue weighted by Gasteiger charge is 2.12. The van der Waals surface area contributed by atoms with Gasteiger partial charge in [-0.1, -0.05) is 23.1 Å². The fourth-order valence-electron chi connectivity index (χ4n) is 0.722. The molecule has 0 amide bonds. The molecule has 0 saturated heterocycles. The van der Waals surface area contributed by atoms with Crippen molar-refractivity contribution in [2.45, 2.75) is 0 Å². The Labute approximate surface area is 78.6 Å². The molecule has 72 valence electrons. The van der Waals surface area contributed by atoms with Gasteiger partial charge < -0.3 is 10.1 Å². The predicted molar refractivity (Wildman–Crippen MR) is 50.3 cm³/mol. The molecule has 7 nitrogen and oxygen atoms in total. The maximum Gasteiger partial charge on any atom is 0.531 e. The standard InChI is InChI=1S/C7H6N4O3/c12-10-7(11(13)14)9-8-6-4-2-1-3-5-6/h1-5,8H. The van der Waals surface area contributed by atoms with Crippen LogP contribution in [0.15, 0.2) is 40.6 Å². The van der Waals surface area contributed by atoms with E-state index < -0.39 is 10.9 Å². The van der Waals surface area contributed by atoms with E-state index in [4.69, 9.17) is 0 Å². The van der Waals surface area contributed by atoms with Gasteiger partial charge in [0, 0.05) is 5.10 Å². The number of hydrazone groups is 1. The molecule has 1 N–H and O–H groups in total. The Bertz CT molecular complexity index is 362. The van der Waals surface area contributed by atoms with Crippen molar-refractivity contribution in [1.82, 2.24) is 0 Å². The van der Waals surface area contributed by atoms with Gasteiger partial charge in [0.15, 0.2) is 5.18 Å². The van der Waals surface area contributed by atoms with Crippen molar-refractivity contribution in [3.8, 4) is 0 Å². The summed E-state index contributed by atoms with van der Waals surface area (Å²) in [6, 6.07) is 8.51. The lowest BCUT2D eigenvalue weighted by atomic mass is 10.3. The summed E-state index contributed by atoms with van der Waals surface area (Å²) in [5, 5.41) is 15.4. The highest BCUT2D eigenvalue weighted by molar-refractivity contribution is 5.73. The summed E-state index contributed by atoms with van der Waals surface area (Å²) in [7, 11) is 0. The van der Waals surface area contributed by atoms with Crippen molar-refractivity contribution < 1.29 is 4.92 Å². The number of anilines is 1. The van der Waals surface area contributed by atoms with Crippen LogP contribution in [0.4, 0.5) is 5.69 Å². The first-order valence-corrected chi connectivity index (χ1v) is 3.60. The van der Waals surface area contributed by atoms with Gasteiger partial charge in [0.1, 0.15) is 0 Å². The van der Waals surface area contributed by atoms with Crippen LogP contribution in [-0.4, -0.2) is 10.9 Å². The molecular weight excluding hydrogens is 188 g/mol. The second-order valence-corrected chi connectivity index (χ2v) is 2.24.